The van der Waals surface area contributed by atoms with Crippen LogP contribution in [0.15, 0.2) is 103 Å². The maximum Gasteiger partial charge on any atom is 0.407 e. The van der Waals surface area contributed by atoms with E-state index in [4.69, 9.17) is 9.52 Å². The van der Waals surface area contributed by atoms with Crippen LogP contribution in [0.25, 0.3) is 10.8 Å². The lowest BCUT2D eigenvalue weighted by molar-refractivity contribution is -0.134. The minimum atomic E-state index is -3.17. The molecule has 4 amide bonds. The van der Waals surface area contributed by atoms with Crippen molar-refractivity contribution in [1.29, 1.82) is 0 Å². The van der Waals surface area contributed by atoms with Crippen molar-refractivity contribution >= 4 is 59.0 Å². The van der Waals surface area contributed by atoms with Gasteiger partial charge in [0.15, 0.2) is 0 Å². The van der Waals surface area contributed by atoms with Gasteiger partial charge in [-0.2, -0.15) is 5.10 Å². The molecule has 4 aromatic carbocycles. The van der Waals surface area contributed by atoms with Gasteiger partial charge in [0.05, 0.1) is 17.9 Å². The summed E-state index contributed by atoms with van der Waals surface area (Å²) < 4.78 is 9.85. The number of piperidine rings is 2. The van der Waals surface area contributed by atoms with E-state index < -0.39 is 32.5 Å². The standard InChI is InChI=1S/C42H43N5O6Si/c1-42(2,3)54(29-11-6-4-7-12-29,30-13-8-5-9-14-30)53-38(27-25-43-46(26-27)28-21-23-45(24-22-28)41(51)52)32-17-18-34-37-31(32)15-10-16-33(37)40(50)47(34)35-19-20-36(48)44-39(35)49/h4-18,25-26,28,35,38H,19-24H2,1-3H3,(H,51,52)(H,44,48,49). The van der Waals surface area contributed by atoms with Gasteiger partial charge in [0.25, 0.3) is 14.2 Å². The summed E-state index contributed by atoms with van der Waals surface area (Å²) in [6.45, 7) is 7.58. The molecule has 2 saturated heterocycles. The number of hydrogen-bond donors (Lipinski definition) is 2. The van der Waals surface area contributed by atoms with Gasteiger partial charge in [0.2, 0.25) is 11.8 Å². The molecule has 0 radical (unpaired) electrons. The number of carboxylic acid groups (broad SMARTS) is 1. The third-order valence-electron chi connectivity index (χ3n) is 11.3. The lowest BCUT2D eigenvalue weighted by Crippen LogP contribution is -2.66. The van der Waals surface area contributed by atoms with Gasteiger partial charge in [-0.3, -0.25) is 29.3 Å². The lowest BCUT2D eigenvalue weighted by Gasteiger charge is -2.45. The summed E-state index contributed by atoms with van der Waals surface area (Å²) in [7, 11) is -3.17. The Morgan fingerprint density at radius 1 is 0.889 bits per heavy atom. The van der Waals surface area contributed by atoms with Crippen LogP contribution in [0.4, 0.5) is 10.5 Å². The van der Waals surface area contributed by atoms with E-state index in [-0.39, 0.29) is 35.7 Å². The zero-order valence-electron chi connectivity index (χ0n) is 30.6. The molecule has 0 saturated carbocycles. The van der Waals surface area contributed by atoms with Gasteiger partial charge in [-0.25, -0.2) is 4.79 Å². The fraction of sp³-hybridized carbons (Fsp3) is 0.310. The van der Waals surface area contributed by atoms with E-state index in [1.54, 1.807) is 11.0 Å². The maximum absolute atomic E-state index is 14.1. The van der Waals surface area contributed by atoms with Gasteiger partial charge in [-0.05, 0) is 57.8 Å². The number of carbonyl (C=O) groups is 4. The zero-order chi connectivity index (χ0) is 37.8. The summed E-state index contributed by atoms with van der Waals surface area (Å²) in [6, 6.07) is 29.7. The molecule has 3 aliphatic heterocycles. The molecule has 12 heteroatoms. The number of rotatable bonds is 8. The smallest absolute Gasteiger partial charge is 0.407 e. The molecule has 276 valence electrons. The van der Waals surface area contributed by atoms with Crippen LogP contribution in [0.2, 0.25) is 5.04 Å². The Morgan fingerprint density at radius 2 is 1.56 bits per heavy atom. The predicted molar refractivity (Wildman–Crippen MR) is 208 cm³/mol. The van der Waals surface area contributed by atoms with Crippen LogP contribution in [0, 0.1) is 0 Å². The van der Waals surface area contributed by atoms with Crippen LogP contribution in [-0.4, -0.2) is 71.1 Å². The topological polar surface area (TPSA) is 134 Å². The quantitative estimate of drug-likeness (QED) is 0.152. The molecular formula is C42H43N5O6Si. The number of anilines is 1. The summed E-state index contributed by atoms with van der Waals surface area (Å²) in [6.07, 6.45) is 4.05. The molecule has 4 heterocycles. The van der Waals surface area contributed by atoms with Crippen LogP contribution in [0.1, 0.15) is 80.1 Å². The number of amides is 4. The van der Waals surface area contributed by atoms with Gasteiger partial charge in [-0.15, -0.1) is 0 Å². The molecular weight excluding hydrogens is 699 g/mol. The zero-order valence-corrected chi connectivity index (χ0v) is 31.6. The molecule has 1 aromatic heterocycles. The van der Waals surface area contributed by atoms with E-state index in [1.165, 1.54) is 4.90 Å². The Balaban J connectivity index is 1.31. The second-order valence-electron chi connectivity index (χ2n) is 15.5. The number of likely N-dealkylation sites (tertiary alicyclic amines) is 1. The van der Waals surface area contributed by atoms with Crippen LogP contribution < -0.4 is 20.6 Å². The molecule has 2 N–H and O–H groups in total. The number of hydrogen-bond acceptors (Lipinski definition) is 6. The first kappa shape index (κ1) is 35.4. The Kier molecular flexibility index (Phi) is 8.97. The summed E-state index contributed by atoms with van der Waals surface area (Å²) in [5.74, 6) is -1.08. The summed E-state index contributed by atoms with van der Waals surface area (Å²) in [5.41, 5.74) is 2.84. The minimum Gasteiger partial charge on any atom is -0.465 e. The Bertz CT molecular complexity index is 2220. The number of imide groups is 1. The van der Waals surface area contributed by atoms with E-state index in [2.05, 4.69) is 74.6 Å². The van der Waals surface area contributed by atoms with Crippen LogP contribution in [-0.2, 0) is 14.0 Å². The highest BCUT2D eigenvalue weighted by molar-refractivity contribution is 6.99. The minimum absolute atomic E-state index is 0.0235. The average Bonchev–Trinajstić information content (AvgIpc) is 3.77. The van der Waals surface area contributed by atoms with Gasteiger partial charge in [-0.1, -0.05) is 99.6 Å². The van der Waals surface area contributed by atoms with Crippen LogP contribution >= 0.6 is 0 Å². The highest BCUT2D eigenvalue weighted by Crippen LogP contribution is 2.47. The first-order valence-corrected chi connectivity index (χ1v) is 20.4. The second kappa shape index (κ2) is 13.7. The molecule has 11 nitrogen and oxygen atoms in total. The summed E-state index contributed by atoms with van der Waals surface area (Å²) >= 11 is 0. The van der Waals surface area contributed by atoms with Crippen LogP contribution in [0.5, 0.6) is 0 Å². The molecule has 0 bridgehead atoms. The van der Waals surface area contributed by atoms with Crippen molar-refractivity contribution in [2.45, 2.75) is 69.7 Å². The highest BCUT2D eigenvalue weighted by Gasteiger charge is 2.52. The molecule has 3 aliphatic rings. The fourth-order valence-corrected chi connectivity index (χ4v) is 13.3. The highest BCUT2D eigenvalue weighted by atomic mass is 28.4. The Labute approximate surface area is 314 Å². The number of carbonyl (C=O) groups excluding carboxylic acids is 3. The monoisotopic (exact) mass is 741 g/mol. The van der Waals surface area contributed by atoms with E-state index >= 15 is 0 Å². The largest absolute Gasteiger partial charge is 0.465 e. The molecule has 8 rings (SSSR count). The molecule has 2 unspecified atom stereocenters. The van der Waals surface area contributed by atoms with Gasteiger partial charge >= 0.3 is 6.09 Å². The fourth-order valence-electron chi connectivity index (χ4n) is 8.68. The number of nitrogens with one attached hydrogen (secondary N) is 1. The van der Waals surface area contributed by atoms with Gasteiger partial charge in [0.1, 0.15) is 12.1 Å². The van der Waals surface area contributed by atoms with Crippen molar-refractivity contribution in [3.63, 3.8) is 0 Å². The van der Waals surface area contributed by atoms with Crippen LogP contribution in [0.3, 0.4) is 0 Å². The van der Waals surface area contributed by atoms with Crippen molar-refractivity contribution in [3.8, 4) is 0 Å². The molecule has 2 fully saturated rings. The summed E-state index contributed by atoms with van der Waals surface area (Å²) in [4.78, 5) is 53.9. The second-order valence-corrected chi connectivity index (χ2v) is 19.7. The van der Waals surface area contributed by atoms with Gasteiger partial charge < -0.3 is 14.4 Å². The Morgan fingerprint density at radius 3 is 2.17 bits per heavy atom. The Hall–Kier alpha value is -5.59. The third-order valence-corrected chi connectivity index (χ3v) is 16.3. The normalized spacial score (nSPS) is 18.6. The van der Waals surface area contributed by atoms with E-state index in [1.807, 2.05) is 53.5 Å². The first-order valence-electron chi connectivity index (χ1n) is 18.5. The first-order chi connectivity index (χ1) is 26.0. The average molecular weight is 742 g/mol. The van der Waals surface area contributed by atoms with Gasteiger partial charge in [0, 0.05) is 42.2 Å². The molecule has 0 aliphatic carbocycles. The third kappa shape index (κ3) is 5.89. The number of aromatic nitrogens is 2. The van der Waals surface area contributed by atoms with Crippen molar-refractivity contribution < 1.29 is 28.7 Å². The molecule has 54 heavy (non-hydrogen) atoms. The maximum atomic E-state index is 14.1. The molecule has 0 spiro atoms. The molecule has 2 atom stereocenters. The number of benzene rings is 4. The number of nitrogens with zero attached hydrogens (tertiary/aromatic N) is 4. The van der Waals surface area contributed by atoms with Crippen molar-refractivity contribution in [1.82, 2.24) is 20.0 Å². The van der Waals surface area contributed by atoms with Crippen molar-refractivity contribution in [2.24, 2.45) is 0 Å². The van der Waals surface area contributed by atoms with Crippen molar-refractivity contribution in [3.05, 3.63) is 120 Å². The van der Waals surface area contributed by atoms with E-state index in [0.717, 1.165) is 32.3 Å². The SMILES string of the molecule is CC(C)(C)[Si](OC(c1cnn(C2CCN(C(=O)O)CC2)c1)c1ccc2c3c(cccc13)C(=O)N2C1CCC(=O)NC1=O)(c1ccccc1)c1ccccc1. The molecule has 5 aromatic rings. The van der Waals surface area contributed by atoms with Crippen molar-refractivity contribution in [2.75, 3.05) is 18.0 Å². The lowest BCUT2D eigenvalue weighted by atomic mass is 9.95. The predicted octanol–water partition coefficient (Wildman–Crippen LogP) is 5.78. The summed E-state index contributed by atoms with van der Waals surface area (Å²) in [5, 5.41) is 20.3. The van der Waals surface area contributed by atoms with E-state index in [0.29, 0.717) is 37.2 Å². The van der Waals surface area contributed by atoms with E-state index in [9.17, 15) is 24.3 Å².